The third-order valence-electron chi connectivity index (χ3n) is 1.43. The molecule has 0 aliphatic carbocycles. The molecule has 16 heavy (non-hydrogen) atoms. The van der Waals surface area contributed by atoms with Gasteiger partial charge >= 0.3 is 6.09 Å². The topological polar surface area (TPSA) is 93.5 Å². The van der Waals surface area contributed by atoms with Gasteiger partial charge < -0.3 is 4.74 Å². The maximum atomic E-state index is 11.2. The van der Waals surface area contributed by atoms with E-state index in [0.29, 0.717) is 0 Å². The lowest BCUT2D eigenvalue weighted by molar-refractivity contribution is -0.489. The Labute approximate surface area is 94.7 Å². The van der Waals surface area contributed by atoms with Crippen molar-refractivity contribution in [1.29, 1.82) is 0 Å². The van der Waals surface area contributed by atoms with Crippen molar-refractivity contribution in [2.24, 2.45) is 0 Å². The number of hydrogen-bond donors (Lipinski definition) is 2. The van der Waals surface area contributed by atoms with E-state index in [1.54, 1.807) is 34.6 Å². The lowest BCUT2D eigenvalue weighted by Crippen LogP contribution is -2.54. The van der Waals surface area contributed by atoms with Gasteiger partial charge in [-0.25, -0.2) is 10.2 Å². The van der Waals surface area contributed by atoms with Crippen LogP contribution in [0.4, 0.5) is 4.79 Å². The average molecular weight is 233 g/mol. The van der Waals surface area contributed by atoms with Gasteiger partial charge in [0.2, 0.25) is 6.54 Å². The van der Waals surface area contributed by atoms with Crippen molar-refractivity contribution in [3.8, 4) is 0 Å². The lowest BCUT2D eigenvalue weighted by Gasteiger charge is -2.24. The van der Waals surface area contributed by atoms with E-state index in [2.05, 4.69) is 10.9 Å². The van der Waals surface area contributed by atoms with Gasteiger partial charge in [0.25, 0.3) is 0 Å². The van der Waals surface area contributed by atoms with Crippen LogP contribution in [0.15, 0.2) is 0 Å². The molecule has 1 amide bonds. The number of hydrogen-bond acceptors (Lipinski definition) is 5. The van der Waals surface area contributed by atoms with Crippen molar-refractivity contribution < 1.29 is 14.5 Å². The van der Waals surface area contributed by atoms with Crippen LogP contribution in [0, 0.1) is 10.1 Å². The number of nitrogens with one attached hydrogen (secondary N) is 2. The third-order valence-corrected chi connectivity index (χ3v) is 1.43. The first-order valence-corrected chi connectivity index (χ1v) is 4.90. The Bertz CT molecular complexity index is 270. The quantitative estimate of drug-likeness (QED) is 0.559. The number of carbonyl (C=O) groups is 1. The fraction of sp³-hybridized carbons (Fsp3) is 0.889. The first-order chi connectivity index (χ1) is 7.02. The van der Waals surface area contributed by atoms with Crippen molar-refractivity contribution in [2.75, 3.05) is 6.54 Å². The normalized spacial score (nSPS) is 12.1. The minimum atomic E-state index is -0.833. The molecule has 0 aromatic rings. The summed E-state index contributed by atoms with van der Waals surface area (Å²) in [5.74, 6) is 0. The third kappa shape index (κ3) is 7.98. The van der Waals surface area contributed by atoms with E-state index < -0.39 is 22.2 Å². The zero-order chi connectivity index (χ0) is 13.0. The molecule has 0 spiro atoms. The minimum absolute atomic E-state index is 0.303. The number of nitro groups is 1. The van der Waals surface area contributed by atoms with E-state index in [1.165, 1.54) is 0 Å². The summed E-state index contributed by atoms with van der Waals surface area (Å²) >= 11 is 0. The highest BCUT2D eigenvalue weighted by atomic mass is 16.6. The standard InChI is InChI=1S/C9H19N3O4/c1-8(2,3)16-7(13)10-11-9(4,5)6-12(14)15/h11H,6H2,1-5H3,(H,10,13). The van der Waals surface area contributed by atoms with Crippen LogP contribution in [0.5, 0.6) is 0 Å². The molecule has 7 heteroatoms. The molecule has 2 N–H and O–H groups in total. The van der Waals surface area contributed by atoms with Crippen LogP contribution in [0.1, 0.15) is 34.6 Å². The van der Waals surface area contributed by atoms with E-state index in [-0.39, 0.29) is 6.54 Å². The van der Waals surface area contributed by atoms with Crippen LogP contribution in [0.25, 0.3) is 0 Å². The monoisotopic (exact) mass is 233 g/mol. The minimum Gasteiger partial charge on any atom is -0.443 e. The van der Waals surface area contributed by atoms with Gasteiger partial charge in [-0.05, 0) is 34.6 Å². The second kappa shape index (κ2) is 5.11. The van der Waals surface area contributed by atoms with E-state index in [1.807, 2.05) is 0 Å². The Morgan fingerprint density at radius 3 is 2.19 bits per heavy atom. The number of hydrazine groups is 1. The van der Waals surface area contributed by atoms with Crippen LogP contribution >= 0.6 is 0 Å². The summed E-state index contributed by atoms with van der Waals surface area (Å²) in [6, 6.07) is 0. The van der Waals surface area contributed by atoms with Gasteiger partial charge in [-0.3, -0.25) is 15.5 Å². The summed E-state index contributed by atoms with van der Waals surface area (Å²) in [5.41, 5.74) is 3.38. The second-order valence-corrected chi connectivity index (χ2v) is 5.13. The molecule has 0 aromatic carbocycles. The van der Waals surface area contributed by atoms with Crippen LogP contribution < -0.4 is 10.9 Å². The Hall–Kier alpha value is -1.37. The van der Waals surface area contributed by atoms with Gasteiger partial charge in [-0.2, -0.15) is 0 Å². The smallest absolute Gasteiger partial charge is 0.422 e. The highest BCUT2D eigenvalue weighted by molar-refractivity contribution is 5.67. The summed E-state index contributed by atoms with van der Waals surface area (Å²) in [7, 11) is 0. The van der Waals surface area contributed by atoms with E-state index >= 15 is 0 Å². The molecule has 0 aliphatic rings. The zero-order valence-corrected chi connectivity index (χ0v) is 10.3. The number of nitrogens with zero attached hydrogens (tertiary/aromatic N) is 1. The van der Waals surface area contributed by atoms with Crippen LogP contribution in [0.3, 0.4) is 0 Å². The van der Waals surface area contributed by atoms with Gasteiger partial charge in [0.05, 0.1) is 5.54 Å². The van der Waals surface area contributed by atoms with Gasteiger partial charge in [0.15, 0.2) is 0 Å². The molecular formula is C9H19N3O4. The van der Waals surface area contributed by atoms with E-state index in [9.17, 15) is 14.9 Å². The van der Waals surface area contributed by atoms with Crippen LogP contribution in [-0.2, 0) is 4.74 Å². The SMILES string of the molecule is CC(C)(C[N+](=O)[O-])NNC(=O)OC(C)(C)C. The Balaban J connectivity index is 4.05. The Morgan fingerprint density at radius 1 is 1.31 bits per heavy atom. The van der Waals surface area contributed by atoms with Gasteiger partial charge in [0.1, 0.15) is 5.60 Å². The highest BCUT2D eigenvalue weighted by Crippen LogP contribution is 2.06. The number of carbonyl (C=O) groups excluding carboxylic acids is 1. The van der Waals surface area contributed by atoms with Crippen molar-refractivity contribution in [3.05, 3.63) is 10.1 Å². The van der Waals surface area contributed by atoms with Crippen molar-refractivity contribution >= 4 is 6.09 Å². The van der Waals surface area contributed by atoms with E-state index in [4.69, 9.17) is 4.74 Å². The summed E-state index contributed by atoms with van der Waals surface area (Å²) < 4.78 is 4.96. The zero-order valence-electron chi connectivity index (χ0n) is 10.3. The summed E-state index contributed by atoms with van der Waals surface area (Å²) in [4.78, 5) is 21.1. The molecule has 0 aromatic heterocycles. The summed E-state index contributed by atoms with van der Waals surface area (Å²) in [5, 5.41) is 10.3. The van der Waals surface area contributed by atoms with Gasteiger partial charge in [0, 0.05) is 4.92 Å². The molecule has 94 valence electrons. The predicted molar refractivity (Wildman–Crippen MR) is 58.4 cm³/mol. The summed E-state index contributed by atoms with van der Waals surface area (Å²) in [6.45, 7) is 8.10. The predicted octanol–water partition coefficient (Wildman–Crippen LogP) is 1.07. The molecule has 0 aliphatic heterocycles. The second-order valence-electron chi connectivity index (χ2n) is 5.13. The molecule has 0 rings (SSSR count). The van der Waals surface area contributed by atoms with Crippen LogP contribution in [-0.4, -0.2) is 28.7 Å². The molecular weight excluding hydrogens is 214 g/mol. The fourth-order valence-electron chi connectivity index (χ4n) is 0.886. The van der Waals surface area contributed by atoms with Crippen molar-refractivity contribution in [2.45, 2.75) is 45.8 Å². The van der Waals surface area contributed by atoms with Gasteiger partial charge in [-0.15, -0.1) is 0 Å². The molecule has 0 atom stereocenters. The lowest BCUT2D eigenvalue weighted by atomic mass is 10.1. The maximum Gasteiger partial charge on any atom is 0.422 e. The van der Waals surface area contributed by atoms with Gasteiger partial charge in [-0.1, -0.05) is 0 Å². The first-order valence-electron chi connectivity index (χ1n) is 4.90. The number of rotatable bonds is 4. The highest BCUT2D eigenvalue weighted by Gasteiger charge is 2.25. The molecule has 0 fully saturated rings. The van der Waals surface area contributed by atoms with Crippen molar-refractivity contribution in [1.82, 2.24) is 10.9 Å². The molecule has 0 bridgehead atoms. The van der Waals surface area contributed by atoms with Crippen LogP contribution in [0.2, 0.25) is 0 Å². The average Bonchev–Trinajstić information content (AvgIpc) is 1.95. The fourth-order valence-corrected chi connectivity index (χ4v) is 0.886. The van der Waals surface area contributed by atoms with E-state index in [0.717, 1.165) is 0 Å². The molecule has 0 radical (unpaired) electrons. The molecule has 0 saturated carbocycles. The maximum absolute atomic E-state index is 11.2. The number of amides is 1. The first kappa shape index (κ1) is 14.6. The summed E-state index contributed by atoms with van der Waals surface area (Å²) in [6.07, 6.45) is -0.663. The van der Waals surface area contributed by atoms with Crippen molar-refractivity contribution in [3.63, 3.8) is 0 Å². The molecule has 7 nitrogen and oxygen atoms in total. The Kier molecular flexibility index (Phi) is 4.67. The largest absolute Gasteiger partial charge is 0.443 e. The number of ether oxygens (including phenoxy) is 1. The molecule has 0 unspecified atom stereocenters. The molecule has 0 heterocycles. The molecule has 0 saturated heterocycles. The Morgan fingerprint density at radius 2 is 1.81 bits per heavy atom.